The highest BCUT2D eigenvalue weighted by Gasteiger charge is 2.46. The molecule has 0 aromatic carbocycles. The van der Waals surface area contributed by atoms with E-state index < -0.39 is 5.60 Å². The number of anilines is 1. The molecule has 1 aliphatic rings. The summed E-state index contributed by atoms with van der Waals surface area (Å²) in [5.74, 6) is 0.895. The lowest BCUT2D eigenvalue weighted by Crippen LogP contribution is -2.02. The number of hydrogen-bond donors (Lipinski definition) is 2. The van der Waals surface area contributed by atoms with Gasteiger partial charge in [-0.15, -0.1) is 0 Å². The number of nitrogen functional groups attached to an aromatic ring is 1. The van der Waals surface area contributed by atoms with Gasteiger partial charge in [-0.1, -0.05) is 5.16 Å². The molecular formula is C15H17N5O2. The molecule has 7 heteroatoms. The van der Waals surface area contributed by atoms with Crippen molar-refractivity contribution in [3.63, 3.8) is 0 Å². The fourth-order valence-corrected chi connectivity index (χ4v) is 2.66. The largest absolute Gasteiger partial charge is 0.383 e. The fourth-order valence-electron chi connectivity index (χ4n) is 2.66. The van der Waals surface area contributed by atoms with E-state index in [2.05, 4.69) is 15.2 Å². The fraction of sp³-hybridized carbons (Fsp3) is 0.400. The number of nitrogens with two attached hydrogens (primary N) is 1. The summed E-state index contributed by atoms with van der Waals surface area (Å²) in [4.78, 5) is 4.15. The number of aromatic nitrogens is 4. The Kier molecular flexibility index (Phi) is 2.59. The number of rotatable bonds is 3. The maximum Gasteiger partial charge on any atom is 0.168 e. The van der Waals surface area contributed by atoms with E-state index in [0.29, 0.717) is 35.8 Å². The topological polar surface area (TPSA) is 103 Å². The second-order valence-electron chi connectivity index (χ2n) is 6.09. The minimum absolute atomic E-state index is 0.178. The van der Waals surface area contributed by atoms with Gasteiger partial charge in [-0.2, -0.15) is 5.10 Å². The predicted molar refractivity (Wildman–Crippen MR) is 81.0 cm³/mol. The lowest BCUT2D eigenvalue weighted by atomic mass is 10.1. The van der Waals surface area contributed by atoms with E-state index in [0.717, 1.165) is 10.9 Å². The molecule has 0 amide bonds. The van der Waals surface area contributed by atoms with E-state index >= 15 is 0 Å². The van der Waals surface area contributed by atoms with Gasteiger partial charge in [0.15, 0.2) is 5.76 Å². The summed E-state index contributed by atoms with van der Waals surface area (Å²) in [6, 6.07) is 3.81. The van der Waals surface area contributed by atoms with Gasteiger partial charge in [0.25, 0.3) is 0 Å². The van der Waals surface area contributed by atoms with Crippen molar-refractivity contribution in [3.8, 4) is 11.4 Å². The molecule has 0 saturated heterocycles. The van der Waals surface area contributed by atoms with Crippen LogP contribution in [0.1, 0.15) is 38.5 Å². The molecule has 7 nitrogen and oxygen atoms in total. The summed E-state index contributed by atoms with van der Waals surface area (Å²) in [5, 5.41) is 19.6. The highest BCUT2D eigenvalue weighted by Crippen LogP contribution is 2.46. The second kappa shape index (κ2) is 4.30. The molecule has 1 aliphatic carbocycles. The van der Waals surface area contributed by atoms with Gasteiger partial charge in [0, 0.05) is 18.3 Å². The van der Waals surface area contributed by atoms with Crippen LogP contribution in [0.4, 0.5) is 5.82 Å². The number of fused-ring (bicyclic) bond motifs is 1. The van der Waals surface area contributed by atoms with Crippen LogP contribution in [0.25, 0.3) is 22.3 Å². The Morgan fingerprint density at radius 2 is 2.18 bits per heavy atom. The Morgan fingerprint density at radius 1 is 1.41 bits per heavy atom. The van der Waals surface area contributed by atoms with Gasteiger partial charge in [0.2, 0.25) is 0 Å². The van der Waals surface area contributed by atoms with Crippen LogP contribution in [-0.4, -0.2) is 25.0 Å². The zero-order valence-corrected chi connectivity index (χ0v) is 12.4. The Bertz CT molecular complexity index is 860. The molecule has 1 saturated carbocycles. The van der Waals surface area contributed by atoms with Crippen molar-refractivity contribution in [2.24, 2.45) is 0 Å². The first-order valence-electron chi connectivity index (χ1n) is 7.32. The highest BCUT2D eigenvalue weighted by atomic mass is 16.5. The van der Waals surface area contributed by atoms with Crippen LogP contribution in [0.2, 0.25) is 0 Å². The van der Waals surface area contributed by atoms with Gasteiger partial charge in [-0.3, -0.25) is 4.68 Å². The smallest absolute Gasteiger partial charge is 0.168 e. The molecule has 0 atom stereocenters. The summed E-state index contributed by atoms with van der Waals surface area (Å²) >= 11 is 0. The van der Waals surface area contributed by atoms with Crippen LogP contribution in [-0.2, 0) is 5.60 Å². The van der Waals surface area contributed by atoms with Crippen LogP contribution in [0.15, 0.2) is 22.9 Å². The molecule has 4 rings (SSSR count). The van der Waals surface area contributed by atoms with Crippen molar-refractivity contribution in [2.45, 2.75) is 38.3 Å². The number of aliphatic hydroxyl groups is 1. The standard InChI is InChI=1S/C15H17N5O2/c1-8(2)20-10-3-6-17-14(16)12(10)13(18-20)9-7-11(22-19-9)15(21)4-5-15/h3,6-8,21H,4-5H2,1-2H3,(H2,16,17). The van der Waals surface area contributed by atoms with E-state index in [-0.39, 0.29) is 6.04 Å². The summed E-state index contributed by atoms with van der Waals surface area (Å²) in [5.41, 5.74) is 7.30. The highest BCUT2D eigenvalue weighted by molar-refractivity contribution is 5.99. The third-order valence-electron chi connectivity index (χ3n) is 4.07. The third kappa shape index (κ3) is 1.82. The molecule has 0 radical (unpaired) electrons. The lowest BCUT2D eigenvalue weighted by Gasteiger charge is -2.06. The van der Waals surface area contributed by atoms with Crippen LogP contribution in [0.5, 0.6) is 0 Å². The van der Waals surface area contributed by atoms with Crippen molar-refractivity contribution < 1.29 is 9.63 Å². The molecule has 0 unspecified atom stereocenters. The molecule has 3 heterocycles. The molecule has 0 spiro atoms. The van der Waals surface area contributed by atoms with Gasteiger partial charge in [-0.05, 0) is 32.8 Å². The van der Waals surface area contributed by atoms with Gasteiger partial charge >= 0.3 is 0 Å². The Morgan fingerprint density at radius 3 is 2.86 bits per heavy atom. The summed E-state index contributed by atoms with van der Waals surface area (Å²) < 4.78 is 7.19. The number of pyridine rings is 1. The molecule has 114 valence electrons. The third-order valence-corrected chi connectivity index (χ3v) is 4.07. The quantitative estimate of drug-likeness (QED) is 0.768. The maximum atomic E-state index is 10.1. The van der Waals surface area contributed by atoms with Crippen molar-refractivity contribution in [2.75, 3.05) is 5.73 Å². The van der Waals surface area contributed by atoms with Crippen molar-refractivity contribution in [3.05, 3.63) is 24.1 Å². The average molecular weight is 299 g/mol. The Balaban J connectivity index is 1.93. The average Bonchev–Trinajstić information content (AvgIpc) is 2.93. The van der Waals surface area contributed by atoms with Gasteiger partial charge in [0.05, 0.1) is 10.9 Å². The normalized spacial score (nSPS) is 16.5. The van der Waals surface area contributed by atoms with E-state index in [1.54, 1.807) is 12.3 Å². The van der Waals surface area contributed by atoms with Crippen LogP contribution >= 0.6 is 0 Å². The summed E-state index contributed by atoms with van der Waals surface area (Å²) in [6.07, 6.45) is 3.07. The van der Waals surface area contributed by atoms with E-state index in [1.165, 1.54) is 0 Å². The molecule has 0 bridgehead atoms. The summed E-state index contributed by atoms with van der Waals surface area (Å²) in [7, 11) is 0. The summed E-state index contributed by atoms with van der Waals surface area (Å²) in [6.45, 7) is 4.10. The molecule has 3 aromatic rings. The van der Waals surface area contributed by atoms with Gasteiger partial charge in [-0.25, -0.2) is 4.98 Å². The van der Waals surface area contributed by atoms with E-state index in [4.69, 9.17) is 10.3 Å². The minimum Gasteiger partial charge on any atom is -0.383 e. The molecule has 1 fully saturated rings. The van der Waals surface area contributed by atoms with Crippen LogP contribution < -0.4 is 5.73 Å². The Hall–Kier alpha value is -2.41. The SMILES string of the molecule is CC(C)n1nc(-c2cc(C3(O)CC3)on2)c2c(N)nccc21. The first-order chi connectivity index (χ1) is 10.5. The number of hydrogen-bond acceptors (Lipinski definition) is 6. The van der Waals surface area contributed by atoms with Crippen molar-refractivity contribution in [1.82, 2.24) is 19.9 Å². The van der Waals surface area contributed by atoms with E-state index in [1.807, 2.05) is 24.6 Å². The zero-order chi connectivity index (χ0) is 15.5. The minimum atomic E-state index is -0.856. The monoisotopic (exact) mass is 299 g/mol. The van der Waals surface area contributed by atoms with E-state index in [9.17, 15) is 5.11 Å². The predicted octanol–water partition coefficient (Wildman–Crippen LogP) is 2.23. The van der Waals surface area contributed by atoms with Gasteiger partial charge < -0.3 is 15.4 Å². The number of nitrogens with zero attached hydrogens (tertiary/aromatic N) is 4. The maximum absolute atomic E-state index is 10.1. The zero-order valence-electron chi connectivity index (χ0n) is 12.4. The van der Waals surface area contributed by atoms with Crippen LogP contribution in [0.3, 0.4) is 0 Å². The molecule has 3 aromatic heterocycles. The van der Waals surface area contributed by atoms with Crippen molar-refractivity contribution >= 4 is 16.7 Å². The molecule has 3 N–H and O–H groups in total. The molecule has 0 aliphatic heterocycles. The first-order valence-corrected chi connectivity index (χ1v) is 7.32. The molecule has 22 heavy (non-hydrogen) atoms. The lowest BCUT2D eigenvalue weighted by molar-refractivity contribution is 0.114. The Labute approximate surface area is 126 Å². The second-order valence-corrected chi connectivity index (χ2v) is 6.09. The van der Waals surface area contributed by atoms with Crippen molar-refractivity contribution in [1.29, 1.82) is 0 Å². The molecular weight excluding hydrogens is 282 g/mol. The van der Waals surface area contributed by atoms with Crippen LogP contribution in [0, 0.1) is 0 Å². The van der Waals surface area contributed by atoms with Gasteiger partial charge in [0.1, 0.15) is 22.8 Å². The first kappa shape index (κ1) is 13.3.